The van der Waals surface area contributed by atoms with Gasteiger partial charge in [-0.15, -0.1) is 0 Å². The molecule has 0 radical (unpaired) electrons. The summed E-state index contributed by atoms with van der Waals surface area (Å²) >= 11 is 0. The maximum Gasteiger partial charge on any atom is 0.119 e. The van der Waals surface area contributed by atoms with Crippen LogP contribution in [-0.2, 0) is 33.2 Å². The normalized spacial score (nSPS) is 18.0. The predicted molar refractivity (Wildman–Crippen MR) is 218 cm³/mol. The van der Waals surface area contributed by atoms with E-state index in [-0.39, 0.29) is 36.6 Å². The molecule has 4 aromatic rings. The Kier molecular flexibility index (Phi) is 16.9. The Morgan fingerprint density at radius 3 is 1.02 bits per heavy atom. The molecule has 0 spiro atoms. The second kappa shape index (κ2) is 22.7. The molecule has 0 amide bonds. The van der Waals surface area contributed by atoms with Crippen molar-refractivity contribution in [3.05, 3.63) is 97.1 Å². The van der Waals surface area contributed by atoms with Crippen molar-refractivity contribution in [2.24, 2.45) is 0 Å². The van der Waals surface area contributed by atoms with Crippen molar-refractivity contribution >= 4 is 0 Å². The lowest BCUT2D eigenvalue weighted by Crippen LogP contribution is -2.25. The van der Waals surface area contributed by atoms with E-state index in [9.17, 15) is 0 Å². The molecule has 2 saturated heterocycles. The largest absolute Gasteiger partial charge is 0.491 e. The third kappa shape index (κ3) is 15.9. The molecule has 308 valence electrons. The first kappa shape index (κ1) is 42.4. The van der Waals surface area contributed by atoms with Gasteiger partial charge in [-0.25, -0.2) is 0 Å². The topological polar surface area (TPSA) is 108 Å². The summed E-state index contributed by atoms with van der Waals surface area (Å²) in [7, 11) is 0. The lowest BCUT2D eigenvalue weighted by atomic mass is 10.1. The molecule has 0 aliphatic carbocycles. The Bertz CT molecular complexity index is 1560. The third-order valence-corrected chi connectivity index (χ3v) is 9.22. The molecule has 11 nitrogen and oxygen atoms in total. The van der Waals surface area contributed by atoms with Crippen molar-refractivity contribution in [3.63, 3.8) is 0 Å². The first-order valence-electron chi connectivity index (χ1n) is 20.1. The lowest BCUT2D eigenvalue weighted by molar-refractivity contribution is -0.0451. The number of ether oxygens (including phenoxy) is 11. The van der Waals surface area contributed by atoms with Crippen LogP contribution in [-0.4, -0.2) is 116 Å². The number of hydrogen-bond acceptors (Lipinski definition) is 11. The van der Waals surface area contributed by atoms with Crippen molar-refractivity contribution in [3.8, 4) is 45.3 Å². The molecule has 11 heteroatoms. The van der Waals surface area contributed by atoms with Crippen molar-refractivity contribution in [2.75, 3.05) is 79.3 Å². The Morgan fingerprint density at radius 1 is 0.404 bits per heavy atom. The average Bonchev–Trinajstić information content (AvgIpc) is 4.19. The summed E-state index contributed by atoms with van der Waals surface area (Å²) in [6.07, 6.45) is 0.484. The number of epoxide rings is 2. The number of rotatable bonds is 28. The van der Waals surface area contributed by atoms with Crippen LogP contribution in [0, 0.1) is 0 Å². The van der Waals surface area contributed by atoms with Crippen LogP contribution in [0.5, 0.6) is 23.0 Å². The highest BCUT2D eigenvalue weighted by molar-refractivity contribution is 5.65. The monoisotopic (exact) mass is 786 g/mol. The van der Waals surface area contributed by atoms with Gasteiger partial charge in [0.15, 0.2) is 0 Å². The zero-order chi connectivity index (χ0) is 39.7. The average molecular weight is 787 g/mol. The van der Waals surface area contributed by atoms with Gasteiger partial charge in [-0.2, -0.15) is 0 Å². The molecule has 0 saturated carbocycles. The van der Waals surface area contributed by atoms with E-state index in [0.29, 0.717) is 66.1 Å². The maximum absolute atomic E-state index is 5.93. The molecule has 6 atom stereocenters. The van der Waals surface area contributed by atoms with Crippen LogP contribution in [0.25, 0.3) is 22.3 Å². The Balaban J connectivity index is 0.791. The minimum absolute atomic E-state index is 0.0252. The second-order valence-electron chi connectivity index (χ2n) is 14.5. The summed E-state index contributed by atoms with van der Waals surface area (Å²) < 4.78 is 62.9. The fraction of sp³-hybridized carbons (Fsp3) is 0.478. The minimum atomic E-state index is -0.0451. The molecule has 57 heavy (non-hydrogen) atoms. The zero-order valence-electron chi connectivity index (χ0n) is 33.7. The molecule has 2 heterocycles. The fourth-order valence-corrected chi connectivity index (χ4v) is 5.60. The van der Waals surface area contributed by atoms with Crippen LogP contribution in [0.15, 0.2) is 97.1 Å². The highest BCUT2D eigenvalue weighted by atomic mass is 16.6. The SMILES string of the molecule is CC(COc1ccc(-c2ccc(OCCOCCOc3ccc(-c4ccc(OCC(C)OCC(C)OCC5CO5)cc4)cc3)cc2)cc1)OCC(C)OCC1CO1. The first-order valence-corrected chi connectivity index (χ1v) is 20.1. The van der Waals surface area contributed by atoms with Crippen molar-refractivity contribution in [2.45, 2.75) is 64.3 Å². The zero-order valence-corrected chi connectivity index (χ0v) is 33.7. The second-order valence-corrected chi connectivity index (χ2v) is 14.5. The molecule has 0 N–H and O–H groups in total. The van der Waals surface area contributed by atoms with Crippen LogP contribution >= 0.6 is 0 Å². The molecular weight excluding hydrogens is 728 g/mol. The van der Waals surface area contributed by atoms with Gasteiger partial charge >= 0.3 is 0 Å². The molecule has 0 bridgehead atoms. The van der Waals surface area contributed by atoms with Gasteiger partial charge in [-0.1, -0.05) is 48.5 Å². The standard InChI is InChI=1S/C46H58O11/c1-33(52-29-45-31-56-45)25-50-35(3)27-54-43-17-9-39(10-18-43)37-5-13-41(14-6-37)48-23-21-47-22-24-49-42-15-7-38(8-16-42)40-11-19-44(20-12-40)55-28-36(4)51-26-34(2)53-30-46-32-57-46/h5-20,33-36,45-46H,21-32H2,1-4H3. The highest BCUT2D eigenvalue weighted by Gasteiger charge is 2.24. The van der Waals surface area contributed by atoms with E-state index in [4.69, 9.17) is 52.1 Å². The van der Waals surface area contributed by atoms with Gasteiger partial charge in [-0.05, 0) is 98.5 Å². The molecule has 0 aromatic heterocycles. The summed E-state index contributed by atoms with van der Waals surface area (Å²) in [6.45, 7) is 14.7. The van der Waals surface area contributed by atoms with Crippen LogP contribution < -0.4 is 18.9 Å². The summed E-state index contributed by atoms with van der Waals surface area (Å²) in [6, 6.07) is 32.2. The van der Waals surface area contributed by atoms with E-state index in [1.165, 1.54) is 0 Å². The summed E-state index contributed by atoms with van der Waals surface area (Å²) in [4.78, 5) is 0. The number of benzene rings is 4. The molecule has 2 aliphatic heterocycles. The molecule has 2 fully saturated rings. The Morgan fingerprint density at radius 2 is 0.702 bits per heavy atom. The lowest BCUT2D eigenvalue weighted by Gasteiger charge is -2.18. The highest BCUT2D eigenvalue weighted by Crippen LogP contribution is 2.26. The first-order chi connectivity index (χ1) is 27.9. The van der Waals surface area contributed by atoms with Crippen molar-refractivity contribution in [1.29, 1.82) is 0 Å². The summed E-state index contributed by atoms with van der Waals surface area (Å²) in [5.74, 6) is 3.19. The van der Waals surface area contributed by atoms with E-state index < -0.39 is 0 Å². The van der Waals surface area contributed by atoms with Gasteiger partial charge in [0.25, 0.3) is 0 Å². The molecule has 6 rings (SSSR count). The molecule has 6 unspecified atom stereocenters. The molecule has 4 aromatic carbocycles. The van der Waals surface area contributed by atoms with Gasteiger partial charge in [0.05, 0.1) is 77.3 Å². The van der Waals surface area contributed by atoms with Crippen molar-refractivity contribution in [1.82, 2.24) is 0 Å². The van der Waals surface area contributed by atoms with Gasteiger partial charge in [0.1, 0.15) is 61.6 Å². The van der Waals surface area contributed by atoms with E-state index in [1.807, 2.05) is 100 Å². The van der Waals surface area contributed by atoms with Gasteiger partial charge in [0, 0.05) is 0 Å². The molecule has 2 aliphatic rings. The molecular formula is C46H58O11. The smallest absolute Gasteiger partial charge is 0.119 e. The van der Waals surface area contributed by atoms with E-state index >= 15 is 0 Å². The quantitative estimate of drug-likeness (QED) is 0.0418. The van der Waals surface area contributed by atoms with E-state index in [1.54, 1.807) is 0 Å². The van der Waals surface area contributed by atoms with Crippen LogP contribution in [0.3, 0.4) is 0 Å². The van der Waals surface area contributed by atoms with E-state index in [2.05, 4.69) is 24.3 Å². The Labute approximate surface area is 337 Å². The van der Waals surface area contributed by atoms with Gasteiger partial charge < -0.3 is 52.1 Å². The fourth-order valence-electron chi connectivity index (χ4n) is 5.60. The number of hydrogen-bond donors (Lipinski definition) is 0. The summed E-state index contributed by atoms with van der Waals surface area (Å²) in [5, 5.41) is 0. The third-order valence-electron chi connectivity index (χ3n) is 9.22. The van der Waals surface area contributed by atoms with Gasteiger partial charge in [-0.3, -0.25) is 0 Å². The van der Waals surface area contributed by atoms with Crippen LogP contribution in [0.2, 0.25) is 0 Å². The van der Waals surface area contributed by atoms with E-state index in [0.717, 1.165) is 58.5 Å². The van der Waals surface area contributed by atoms with Gasteiger partial charge in [0.2, 0.25) is 0 Å². The predicted octanol–water partition coefficient (Wildman–Crippen LogP) is 7.67. The van der Waals surface area contributed by atoms with Crippen LogP contribution in [0.4, 0.5) is 0 Å². The van der Waals surface area contributed by atoms with Crippen LogP contribution in [0.1, 0.15) is 27.7 Å². The minimum Gasteiger partial charge on any atom is -0.491 e. The maximum atomic E-state index is 5.93. The Hall–Kier alpha value is -4.20. The summed E-state index contributed by atoms with van der Waals surface area (Å²) in [5.41, 5.74) is 4.39. The van der Waals surface area contributed by atoms with Crippen molar-refractivity contribution < 1.29 is 52.1 Å².